The molecule has 0 heterocycles. The standard InChI is InChI=1S/C27H38/c1-5-22(9-6-20(2)3)23-12-14-26(15-13-23)27-18-16-25(17-19-27)24-10-7-21(4)8-11-24/h12-22,24H,5-11H2,1-4H3. The number of rotatable bonds is 7. The van der Waals surface area contributed by atoms with Crippen LogP contribution in [0.4, 0.5) is 0 Å². The Morgan fingerprint density at radius 1 is 0.778 bits per heavy atom. The van der Waals surface area contributed by atoms with Gasteiger partial charge in [0, 0.05) is 0 Å². The Morgan fingerprint density at radius 3 is 1.85 bits per heavy atom. The molecule has 2 aromatic rings. The first kappa shape index (κ1) is 20.2. The predicted molar refractivity (Wildman–Crippen MR) is 119 cm³/mol. The fourth-order valence-electron chi connectivity index (χ4n) is 4.63. The van der Waals surface area contributed by atoms with Gasteiger partial charge in [0.15, 0.2) is 0 Å². The molecule has 0 nitrogen and oxygen atoms in total. The molecule has 2 aromatic carbocycles. The molecule has 0 bridgehead atoms. The quantitative estimate of drug-likeness (QED) is 0.462. The van der Waals surface area contributed by atoms with E-state index in [0.717, 1.165) is 17.8 Å². The largest absolute Gasteiger partial charge is 0.0648 e. The lowest BCUT2D eigenvalue weighted by atomic mass is 9.79. The van der Waals surface area contributed by atoms with E-state index in [1.165, 1.54) is 61.6 Å². The van der Waals surface area contributed by atoms with E-state index in [1.807, 2.05) is 0 Å². The van der Waals surface area contributed by atoms with Crippen LogP contribution in [0.3, 0.4) is 0 Å². The fraction of sp³-hybridized carbons (Fsp3) is 0.556. The molecule has 0 radical (unpaired) electrons. The summed E-state index contributed by atoms with van der Waals surface area (Å²) < 4.78 is 0. The van der Waals surface area contributed by atoms with Gasteiger partial charge in [-0.05, 0) is 71.6 Å². The molecule has 146 valence electrons. The second kappa shape index (κ2) is 9.58. The van der Waals surface area contributed by atoms with Crippen LogP contribution in [0.15, 0.2) is 48.5 Å². The first-order valence-corrected chi connectivity index (χ1v) is 11.3. The molecule has 1 saturated carbocycles. The SMILES string of the molecule is CCC(CCC(C)C)c1ccc(-c2ccc(C3CCC(C)CC3)cc2)cc1. The maximum absolute atomic E-state index is 2.40. The van der Waals surface area contributed by atoms with Gasteiger partial charge in [0.25, 0.3) is 0 Å². The van der Waals surface area contributed by atoms with Gasteiger partial charge in [0.05, 0.1) is 0 Å². The van der Waals surface area contributed by atoms with Crippen LogP contribution in [-0.2, 0) is 0 Å². The lowest BCUT2D eigenvalue weighted by molar-refractivity contribution is 0.348. The first-order chi connectivity index (χ1) is 13.1. The maximum Gasteiger partial charge on any atom is -0.0162 e. The van der Waals surface area contributed by atoms with E-state index in [1.54, 1.807) is 5.56 Å². The van der Waals surface area contributed by atoms with E-state index in [-0.39, 0.29) is 0 Å². The number of hydrogen-bond donors (Lipinski definition) is 0. The summed E-state index contributed by atoms with van der Waals surface area (Å²) in [6, 6.07) is 18.8. The van der Waals surface area contributed by atoms with Crippen LogP contribution in [0.1, 0.15) is 95.6 Å². The Labute approximate surface area is 167 Å². The lowest BCUT2D eigenvalue weighted by Gasteiger charge is -2.26. The van der Waals surface area contributed by atoms with E-state index in [2.05, 4.69) is 76.2 Å². The van der Waals surface area contributed by atoms with Crippen molar-refractivity contribution >= 4 is 0 Å². The van der Waals surface area contributed by atoms with Crippen molar-refractivity contribution < 1.29 is 0 Å². The molecule has 1 fully saturated rings. The van der Waals surface area contributed by atoms with Crippen molar-refractivity contribution in [2.75, 3.05) is 0 Å². The highest BCUT2D eigenvalue weighted by Gasteiger charge is 2.19. The second-order valence-corrected chi connectivity index (χ2v) is 9.28. The Balaban J connectivity index is 1.66. The summed E-state index contributed by atoms with van der Waals surface area (Å²) in [5.74, 6) is 3.21. The van der Waals surface area contributed by atoms with Crippen molar-refractivity contribution in [3.8, 4) is 11.1 Å². The highest BCUT2D eigenvalue weighted by Crippen LogP contribution is 2.36. The van der Waals surface area contributed by atoms with Crippen LogP contribution in [0.5, 0.6) is 0 Å². The molecule has 0 heteroatoms. The smallest absolute Gasteiger partial charge is 0.0162 e. The molecular weight excluding hydrogens is 324 g/mol. The zero-order chi connectivity index (χ0) is 19.2. The van der Waals surface area contributed by atoms with E-state index in [4.69, 9.17) is 0 Å². The zero-order valence-corrected chi connectivity index (χ0v) is 17.9. The van der Waals surface area contributed by atoms with Gasteiger partial charge in [-0.15, -0.1) is 0 Å². The van der Waals surface area contributed by atoms with Crippen molar-refractivity contribution in [3.05, 3.63) is 59.7 Å². The maximum atomic E-state index is 2.40. The third-order valence-electron chi connectivity index (χ3n) is 6.70. The Morgan fingerprint density at radius 2 is 1.33 bits per heavy atom. The van der Waals surface area contributed by atoms with E-state index in [0.29, 0.717) is 5.92 Å². The summed E-state index contributed by atoms with van der Waals surface area (Å²) in [6.07, 6.45) is 9.38. The Kier molecular flexibility index (Phi) is 7.16. The topological polar surface area (TPSA) is 0 Å². The van der Waals surface area contributed by atoms with Gasteiger partial charge in [-0.25, -0.2) is 0 Å². The van der Waals surface area contributed by atoms with Crippen LogP contribution in [-0.4, -0.2) is 0 Å². The van der Waals surface area contributed by atoms with Gasteiger partial charge in [-0.3, -0.25) is 0 Å². The van der Waals surface area contributed by atoms with E-state index >= 15 is 0 Å². The van der Waals surface area contributed by atoms with Crippen molar-refractivity contribution in [1.29, 1.82) is 0 Å². The third kappa shape index (κ3) is 5.47. The van der Waals surface area contributed by atoms with Gasteiger partial charge in [0.1, 0.15) is 0 Å². The molecule has 0 N–H and O–H groups in total. The number of hydrogen-bond acceptors (Lipinski definition) is 0. The normalized spacial score (nSPS) is 21.4. The third-order valence-corrected chi connectivity index (χ3v) is 6.70. The fourth-order valence-corrected chi connectivity index (χ4v) is 4.63. The van der Waals surface area contributed by atoms with Gasteiger partial charge in [-0.1, -0.05) is 95.5 Å². The van der Waals surface area contributed by atoms with Crippen molar-refractivity contribution in [2.24, 2.45) is 11.8 Å². The molecule has 0 amide bonds. The molecular formula is C27H38. The molecule has 1 aliphatic carbocycles. The van der Waals surface area contributed by atoms with Gasteiger partial charge in [0.2, 0.25) is 0 Å². The summed E-state index contributed by atoms with van der Waals surface area (Å²) in [5.41, 5.74) is 5.75. The lowest BCUT2D eigenvalue weighted by Crippen LogP contribution is -2.10. The van der Waals surface area contributed by atoms with Crippen molar-refractivity contribution in [2.45, 2.75) is 84.5 Å². The Bertz CT molecular complexity index is 669. The Hall–Kier alpha value is -1.56. The summed E-state index contributed by atoms with van der Waals surface area (Å²) in [5, 5.41) is 0. The van der Waals surface area contributed by atoms with Crippen molar-refractivity contribution in [1.82, 2.24) is 0 Å². The van der Waals surface area contributed by atoms with Gasteiger partial charge in [-0.2, -0.15) is 0 Å². The van der Waals surface area contributed by atoms with Gasteiger partial charge >= 0.3 is 0 Å². The summed E-state index contributed by atoms with van der Waals surface area (Å²) in [7, 11) is 0. The van der Waals surface area contributed by atoms with Crippen LogP contribution in [0, 0.1) is 11.8 Å². The molecule has 1 aliphatic rings. The van der Waals surface area contributed by atoms with Crippen LogP contribution in [0.2, 0.25) is 0 Å². The predicted octanol–water partition coefficient (Wildman–Crippen LogP) is 8.58. The van der Waals surface area contributed by atoms with Crippen molar-refractivity contribution in [3.63, 3.8) is 0 Å². The van der Waals surface area contributed by atoms with Crippen LogP contribution < -0.4 is 0 Å². The second-order valence-electron chi connectivity index (χ2n) is 9.28. The summed E-state index contributed by atoms with van der Waals surface area (Å²) in [4.78, 5) is 0. The minimum atomic E-state index is 0.706. The average molecular weight is 363 g/mol. The van der Waals surface area contributed by atoms with Crippen LogP contribution >= 0.6 is 0 Å². The highest BCUT2D eigenvalue weighted by atomic mass is 14.2. The van der Waals surface area contributed by atoms with E-state index < -0.39 is 0 Å². The molecule has 0 aliphatic heterocycles. The monoisotopic (exact) mass is 362 g/mol. The molecule has 0 spiro atoms. The average Bonchev–Trinajstić information content (AvgIpc) is 2.69. The highest BCUT2D eigenvalue weighted by molar-refractivity contribution is 5.64. The summed E-state index contributed by atoms with van der Waals surface area (Å²) in [6.45, 7) is 9.37. The molecule has 1 atom stereocenters. The minimum Gasteiger partial charge on any atom is -0.0648 e. The summed E-state index contributed by atoms with van der Waals surface area (Å²) >= 11 is 0. The molecule has 27 heavy (non-hydrogen) atoms. The molecule has 0 saturated heterocycles. The van der Waals surface area contributed by atoms with E-state index in [9.17, 15) is 0 Å². The molecule has 3 rings (SSSR count). The minimum absolute atomic E-state index is 0.706. The zero-order valence-electron chi connectivity index (χ0n) is 17.9. The van der Waals surface area contributed by atoms with Crippen LogP contribution in [0.25, 0.3) is 11.1 Å². The number of benzene rings is 2. The molecule has 1 unspecified atom stereocenters. The van der Waals surface area contributed by atoms with Gasteiger partial charge < -0.3 is 0 Å². The first-order valence-electron chi connectivity index (χ1n) is 11.3. The molecule has 0 aromatic heterocycles.